The molecule has 0 spiro atoms. The van der Waals surface area contributed by atoms with Gasteiger partial charge in [0.25, 0.3) is 0 Å². The van der Waals surface area contributed by atoms with Crippen molar-refractivity contribution in [2.75, 3.05) is 26.7 Å². The summed E-state index contributed by atoms with van der Waals surface area (Å²) in [6.07, 6.45) is 3.05. The van der Waals surface area contributed by atoms with Crippen LogP contribution >= 0.6 is 0 Å². The largest absolute Gasteiger partial charge is 0.374 e. The van der Waals surface area contributed by atoms with Crippen LogP contribution in [0.2, 0.25) is 0 Å². The van der Waals surface area contributed by atoms with Crippen LogP contribution in [0.25, 0.3) is 0 Å². The Hall–Kier alpha value is -0.980. The molecule has 6 nitrogen and oxygen atoms in total. The first-order valence-electron chi connectivity index (χ1n) is 7.58. The van der Waals surface area contributed by atoms with Gasteiger partial charge in [0.15, 0.2) is 0 Å². The maximum Gasteiger partial charge on any atom is 0.0912 e. The minimum atomic E-state index is 0.137. The minimum Gasteiger partial charge on any atom is -0.374 e. The average Bonchev–Trinajstić information content (AvgIpc) is 2.89. The van der Waals surface area contributed by atoms with E-state index in [0.29, 0.717) is 6.04 Å². The van der Waals surface area contributed by atoms with Crippen molar-refractivity contribution in [1.82, 2.24) is 25.2 Å². The Morgan fingerprint density at radius 1 is 1.50 bits per heavy atom. The molecule has 6 heteroatoms. The fourth-order valence-electron chi connectivity index (χ4n) is 2.78. The predicted molar refractivity (Wildman–Crippen MR) is 78.6 cm³/mol. The summed E-state index contributed by atoms with van der Waals surface area (Å²) in [4.78, 5) is 2.46. The zero-order chi connectivity index (χ0) is 14.5. The summed E-state index contributed by atoms with van der Waals surface area (Å²) in [6, 6.07) is 0.690. The van der Waals surface area contributed by atoms with Crippen LogP contribution in [0.3, 0.4) is 0 Å². The summed E-state index contributed by atoms with van der Waals surface area (Å²) in [6.45, 7) is 10.3. The highest BCUT2D eigenvalue weighted by Gasteiger charge is 2.31. The smallest absolute Gasteiger partial charge is 0.0912 e. The molecule has 20 heavy (non-hydrogen) atoms. The lowest BCUT2D eigenvalue weighted by Crippen LogP contribution is -2.50. The summed E-state index contributed by atoms with van der Waals surface area (Å²) in [5, 5.41) is 11.6. The van der Waals surface area contributed by atoms with Crippen LogP contribution in [-0.4, -0.2) is 58.8 Å². The molecule has 2 atom stereocenters. The van der Waals surface area contributed by atoms with Gasteiger partial charge >= 0.3 is 0 Å². The van der Waals surface area contributed by atoms with Gasteiger partial charge in [0.1, 0.15) is 0 Å². The number of rotatable bonds is 6. The van der Waals surface area contributed by atoms with Crippen molar-refractivity contribution >= 4 is 0 Å². The normalized spacial score (nSPS) is 22.4. The van der Waals surface area contributed by atoms with Crippen LogP contribution in [0.5, 0.6) is 0 Å². The lowest BCUT2D eigenvalue weighted by Gasteiger charge is -2.38. The highest BCUT2D eigenvalue weighted by molar-refractivity contribution is 5.06. The van der Waals surface area contributed by atoms with Gasteiger partial charge in [-0.25, -0.2) is 4.68 Å². The highest BCUT2D eigenvalue weighted by atomic mass is 16.5. The zero-order valence-electron chi connectivity index (χ0n) is 13.0. The summed E-state index contributed by atoms with van der Waals surface area (Å²) in [5.74, 6) is 0. The van der Waals surface area contributed by atoms with Crippen molar-refractivity contribution in [2.24, 2.45) is 0 Å². The van der Waals surface area contributed by atoms with Gasteiger partial charge in [-0.1, -0.05) is 12.1 Å². The van der Waals surface area contributed by atoms with E-state index in [1.807, 2.05) is 17.9 Å². The van der Waals surface area contributed by atoms with Crippen molar-refractivity contribution < 1.29 is 4.74 Å². The number of hydrogen-bond donors (Lipinski definition) is 1. The van der Waals surface area contributed by atoms with Crippen molar-refractivity contribution in [3.63, 3.8) is 0 Å². The van der Waals surface area contributed by atoms with E-state index in [0.717, 1.165) is 38.4 Å². The molecule has 1 aromatic heterocycles. The zero-order valence-corrected chi connectivity index (χ0v) is 13.0. The molecule has 0 amide bonds. The van der Waals surface area contributed by atoms with Crippen molar-refractivity contribution in [3.8, 4) is 0 Å². The Kier molecular flexibility index (Phi) is 5.51. The third-order valence-corrected chi connectivity index (χ3v) is 3.94. The number of nitrogens with one attached hydrogen (secondary N) is 1. The topological polar surface area (TPSA) is 55.2 Å². The molecule has 1 aliphatic rings. The Morgan fingerprint density at radius 2 is 2.30 bits per heavy atom. The van der Waals surface area contributed by atoms with Crippen LogP contribution in [-0.2, 0) is 11.3 Å². The molecule has 2 rings (SSSR count). The fraction of sp³-hybridized carbons (Fsp3) is 0.857. The van der Waals surface area contributed by atoms with E-state index < -0.39 is 0 Å². The number of hydrogen-bond acceptors (Lipinski definition) is 5. The number of likely N-dealkylation sites (N-methyl/N-ethyl adjacent to an activating group) is 1. The molecule has 1 fully saturated rings. The van der Waals surface area contributed by atoms with E-state index in [4.69, 9.17) is 4.74 Å². The second-order valence-corrected chi connectivity index (χ2v) is 5.65. The van der Waals surface area contributed by atoms with Crippen molar-refractivity contribution in [2.45, 2.75) is 51.9 Å². The molecule has 0 radical (unpaired) electrons. The van der Waals surface area contributed by atoms with E-state index in [1.54, 1.807) is 0 Å². The summed E-state index contributed by atoms with van der Waals surface area (Å²) in [7, 11) is 1.98. The molecule has 0 aliphatic carbocycles. The second kappa shape index (κ2) is 7.15. The molecule has 1 aromatic rings. The Morgan fingerprint density at radius 3 is 2.95 bits per heavy atom. The molecule has 1 N–H and O–H groups in total. The monoisotopic (exact) mass is 281 g/mol. The molecule has 1 aliphatic heterocycles. The molecule has 0 saturated carbocycles. The van der Waals surface area contributed by atoms with Crippen LogP contribution in [0.15, 0.2) is 6.20 Å². The fourth-order valence-corrected chi connectivity index (χ4v) is 2.78. The number of ether oxygens (including phenoxy) is 1. The maximum atomic E-state index is 6.00. The van der Waals surface area contributed by atoms with Crippen LogP contribution in [0.1, 0.15) is 38.9 Å². The van der Waals surface area contributed by atoms with Crippen LogP contribution < -0.4 is 5.32 Å². The molecule has 2 heterocycles. The van der Waals surface area contributed by atoms with Gasteiger partial charge in [0.05, 0.1) is 30.6 Å². The van der Waals surface area contributed by atoms with E-state index >= 15 is 0 Å². The summed E-state index contributed by atoms with van der Waals surface area (Å²) < 4.78 is 7.98. The third kappa shape index (κ3) is 3.37. The SMILES string of the molecule is CCCn1nncc1C(NC)C1CN(C(C)C)CCO1. The van der Waals surface area contributed by atoms with Gasteiger partial charge < -0.3 is 10.1 Å². The van der Waals surface area contributed by atoms with Gasteiger partial charge in [0.2, 0.25) is 0 Å². The van der Waals surface area contributed by atoms with Gasteiger partial charge in [-0.3, -0.25) is 4.90 Å². The second-order valence-electron chi connectivity index (χ2n) is 5.65. The number of aryl methyl sites for hydroxylation is 1. The lowest BCUT2D eigenvalue weighted by molar-refractivity contribution is -0.0562. The Bertz CT molecular complexity index is 406. The predicted octanol–water partition coefficient (Wildman–Crippen LogP) is 1.06. The first-order chi connectivity index (χ1) is 9.67. The van der Waals surface area contributed by atoms with Crippen LogP contribution in [0, 0.1) is 0 Å². The number of nitrogens with zero attached hydrogens (tertiary/aromatic N) is 4. The van der Waals surface area contributed by atoms with E-state index in [2.05, 4.69) is 41.3 Å². The molecule has 114 valence electrons. The molecule has 2 unspecified atom stereocenters. The first kappa shape index (κ1) is 15.4. The van der Waals surface area contributed by atoms with Crippen LogP contribution in [0.4, 0.5) is 0 Å². The average molecular weight is 281 g/mol. The van der Waals surface area contributed by atoms with Crippen molar-refractivity contribution in [1.29, 1.82) is 0 Å². The quantitative estimate of drug-likeness (QED) is 0.845. The number of aromatic nitrogens is 3. The summed E-state index contributed by atoms with van der Waals surface area (Å²) >= 11 is 0. The first-order valence-corrected chi connectivity index (χ1v) is 7.58. The number of morpholine rings is 1. The van der Waals surface area contributed by atoms with Crippen molar-refractivity contribution in [3.05, 3.63) is 11.9 Å². The van der Waals surface area contributed by atoms with Gasteiger partial charge in [0, 0.05) is 25.7 Å². The molecule has 1 saturated heterocycles. The molecular weight excluding hydrogens is 254 g/mol. The third-order valence-electron chi connectivity index (χ3n) is 3.94. The summed E-state index contributed by atoms with van der Waals surface area (Å²) in [5.41, 5.74) is 1.12. The van der Waals surface area contributed by atoms with E-state index in [1.165, 1.54) is 0 Å². The minimum absolute atomic E-state index is 0.137. The standard InChI is InChI=1S/C14H27N5O/c1-5-6-19-12(9-16-17-19)14(15-4)13-10-18(11(2)3)7-8-20-13/h9,11,13-15H,5-8,10H2,1-4H3. The van der Waals surface area contributed by atoms with E-state index in [9.17, 15) is 0 Å². The Balaban J connectivity index is 2.12. The molecule has 0 aromatic carbocycles. The highest BCUT2D eigenvalue weighted by Crippen LogP contribution is 2.22. The molecular formula is C14H27N5O. The van der Waals surface area contributed by atoms with Gasteiger partial charge in [-0.05, 0) is 27.3 Å². The van der Waals surface area contributed by atoms with Gasteiger partial charge in [-0.15, -0.1) is 5.10 Å². The lowest BCUT2D eigenvalue weighted by atomic mass is 10.1. The maximum absolute atomic E-state index is 6.00. The molecule has 0 bridgehead atoms. The Labute approximate surface area is 121 Å². The van der Waals surface area contributed by atoms with E-state index in [-0.39, 0.29) is 12.1 Å². The van der Waals surface area contributed by atoms with Gasteiger partial charge in [-0.2, -0.15) is 0 Å².